The lowest BCUT2D eigenvalue weighted by atomic mass is 10.2. The molecule has 0 bridgehead atoms. The van der Waals surface area contributed by atoms with Gasteiger partial charge in [-0.3, -0.25) is 10.1 Å². The van der Waals surface area contributed by atoms with Gasteiger partial charge in [-0.05, 0) is 55.9 Å². The maximum Gasteiger partial charge on any atom is 0.266 e. The van der Waals surface area contributed by atoms with E-state index in [1.54, 1.807) is 26.2 Å². The number of hydrogen-bond acceptors (Lipinski definition) is 4. The molecule has 0 saturated heterocycles. The monoisotopic (exact) mass is 344 g/mol. The van der Waals surface area contributed by atoms with E-state index >= 15 is 0 Å². The molecule has 0 saturated carbocycles. The van der Waals surface area contributed by atoms with Crippen LogP contribution in [-0.2, 0) is 4.79 Å². The van der Waals surface area contributed by atoms with Crippen LogP contribution in [0.15, 0.2) is 48.5 Å². The maximum atomic E-state index is 12.2. The first kappa shape index (κ1) is 17.7. The molecule has 0 aliphatic carbocycles. The van der Waals surface area contributed by atoms with Gasteiger partial charge in [0.2, 0.25) is 0 Å². The SMILES string of the molecule is COc1ccc(C)cc1NC(=S)NC(=O)[C@H](C)Oc1ccccc1. The Morgan fingerprint density at radius 1 is 1.17 bits per heavy atom. The van der Waals surface area contributed by atoms with Gasteiger partial charge in [0.1, 0.15) is 11.5 Å². The number of thiocarbonyl (C=S) groups is 1. The van der Waals surface area contributed by atoms with Crippen LogP contribution in [0.2, 0.25) is 0 Å². The van der Waals surface area contributed by atoms with Crippen molar-refractivity contribution in [2.75, 3.05) is 12.4 Å². The van der Waals surface area contributed by atoms with Gasteiger partial charge in [-0.15, -0.1) is 0 Å². The number of aryl methyl sites for hydroxylation is 1. The summed E-state index contributed by atoms with van der Waals surface area (Å²) in [6.45, 7) is 3.63. The van der Waals surface area contributed by atoms with Crippen molar-refractivity contribution in [1.82, 2.24) is 5.32 Å². The number of benzene rings is 2. The second-order valence-corrected chi connectivity index (χ2v) is 5.63. The average molecular weight is 344 g/mol. The molecule has 24 heavy (non-hydrogen) atoms. The standard InChI is InChI=1S/C18H20N2O3S/c1-12-9-10-16(22-3)15(11-12)19-18(24)20-17(21)13(2)23-14-7-5-4-6-8-14/h4-11,13H,1-3H3,(H2,19,20,21,24)/t13-/m0/s1. The van der Waals surface area contributed by atoms with Crippen LogP contribution in [0, 0.1) is 6.92 Å². The van der Waals surface area contributed by atoms with Gasteiger partial charge in [0, 0.05) is 0 Å². The molecule has 2 rings (SSSR count). The van der Waals surface area contributed by atoms with E-state index in [0.29, 0.717) is 17.2 Å². The van der Waals surface area contributed by atoms with Crippen molar-refractivity contribution in [2.45, 2.75) is 20.0 Å². The minimum Gasteiger partial charge on any atom is -0.495 e. The Kier molecular flexibility index (Phi) is 6.14. The number of hydrogen-bond donors (Lipinski definition) is 2. The highest BCUT2D eigenvalue weighted by atomic mass is 32.1. The lowest BCUT2D eigenvalue weighted by Crippen LogP contribution is -2.42. The molecule has 0 aliphatic rings. The van der Waals surface area contributed by atoms with Crippen LogP contribution in [-0.4, -0.2) is 24.2 Å². The number of ether oxygens (including phenoxy) is 2. The fourth-order valence-electron chi connectivity index (χ4n) is 2.04. The fraction of sp³-hybridized carbons (Fsp3) is 0.222. The Bertz CT molecular complexity index is 719. The molecular weight excluding hydrogens is 324 g/mol. The molecule has 0 radical (unpaired) electrons. The van der Waals surface area contributed by atoms with Gasteiger partial charge in [-0.1, -0.05) is 24.3 Å². The zero-order valence-corrected chi connectivity index (χ0v) is 14.6. The number of amides is 1. The Balaban J connectivity index is 1.94. The quantitative estimate of drug-likeness (QED) is 0.815. The zero-order valence-electron chi connectivity index (χ0n) is 13.8. The topological polar surface area (TPSA) is 59.6 Å². The molecule has 126 valence electrons. The van der Waals surface area contributed by atoms with E-state index in [-0.39, 0.29) is 11.0 Å². The van der Waals surface area contributed by atoms with Crippen LogP contribution >= 0.6 is 12.2 Å². The summed E-state index contributed by atoms with van der Waals surface area (Å²) in [6.07, 6.45) is -0.674. The number of carbonyl (C=O) groups is 1. The summed E-state index contributed by atoms with van der Waals surface area (Å²) in [4.78, 5) is 12.2. The van der Waals surface area contributed by atoms with Crippen molar-refractivity contribution in [3.05, 3.63) is 54.1 Å². The van der Waals surface area contributed by atoms with Gasteiger partial charge in [0.05, 0.1) is 12.8 Å². The summed E-state index contributed by atoms with van der Waals surface area (Å²) in [5.74, 6) is 0.938. The molecular formula is C18H20N2O3S. The number of rotatable bonds is 5. The molecule has 2 N–H and O–H groups in total. The highest BCUT2D eigenvalue weighted by Crippen LogP contribution is 2.25. The van der Waals surface area contributed by atoms with Gasteiger partial charge in [-0.2, -0.15) is 0 Å². The fourth-order valence-corrected chi connectivity index (χ4v) is 2.25. The third kappa shape index (κ3) is 4.96. The number of nitrogens with one attached hydrogen (secondary N) is 2. The molecule has 5 nitrogen and oxygen atoms in total. The molecule has 0 fully saturated rings. The third-order valence-corrected chi connectivity index (χ3v) is 3.47. The van der Waals surface area contributed by atoms with E-state index in [1.165, 1.54) is 0 Å². The lowest BCUT2D eigenvalue weighted by Gasteiger charge is -2.17. The van der Waals surface area contributed by atoms with E-state index < -0.39 is 6.10 Å². The molecule has 0 heterocycles. The first-order valence-electron chi connectivity index (χ1n) is 7.48. The summed E-state index contributed by atoms with van der Waals surface area (Å²) in [5, 5.41) is 5.78. The zero-order chi connectivity index (χ0) is 17.5. The van der Waals surface area contributed by atoms with Gasteiger partial charge in [-0.25, -0.2) is 0 Å². The Morgan fingerprint density at radius 2 is 1.88 bits per heavy atom. The van der Waals surface area contributed by atoms with Gasteiger partial charge in [0.15, 0.2) is 11.2 Å². The Hall–Kier alpha value is -2.60. The second-order valence-electron chi connectivity index (χ2n) is 5.22. The summed E-state index contributed by atoms with van der Waals surface area (Å²) < 4.78 is 10.8. The summed E-state index contributed by atoms with van der Waals surface area (Å²) >= 11 is 5.19. The van der Waals surface area contributed by atoms with Crippen molar-refractivity contribution in [3.63, 3.8) is 0 Å². The van der Waals surface area contributed by atoms with Crippen LogP contribution in [0.5, 0.6) is 11.5 Å². The molecule has 2 aromatic rings. The van der Waals surface area contributed by atoms with Crippen molar-refractivity contribution in [2.24, 2.45) is 0 Å². The van der Waals surface area contributed by atoms with E-state index in [4.69, 9.17) is 21.7 Å². The van der Waals surface area contributed by atoms with E-state index in [2.05, 4.69) is 10.6 Å². The van der Waals surface area contributed by atoms with Crippen LogP contribution in [0.3, 0.4) is 0 Å². The molecule has 0 unspecified atom stereocenters. The van der Waals surface area contributed by atoms with Crippen LogP contribution in [0.25, 0.3) is 0 Å². The summed E-state index contributed by atoms with van der Waals surface area (Å²) in [7, 11) is 1.58. The molecule has 0 aliphatic heterocycles. The van der Waals surface area contributed by atoms with Gasteiger partial charge >= 0.3 is 0 Å². The lowest BCUT2D eigenvalue weighted by molar-refractivity contribution is -0.125. The second kappa shape index (κ2) is 8.31. The third-order valence-electron chi connectivity index (χ3n) is 3.27. The predicted octanol–water partition coefficient (Wildman–Crippen LogP) is 3.28. The first-order chi connectivity index (χ1) is 11.5. The number of anilines is 1. The smallest absolute Gasteiger partial charge is 0.266 e. The molecule has 0 spiro atoms. The summed E-state index contributed by atoms with van der Waals surface area (Å²) in [5.41, 5.74) is 1.74. The molecule has 0 aromatic heterocycles. The average Bonchev–Trinajstić information content (AvgIpc) is 2.55. The molecule has 1 amide bonds. The Morgan fingerprint density at radius 3 is 2.54 bits per heavy atom. The first-order valence-corrected chi connectivity index (χ1v) is 7.88. The number of methoxy groups -OCH3 is 1. The molecule has 2 aromatic carbocycles. The number of para-hydroxylation sites is 1. The number of carbonyl (C=O) groups excluding carboxylic acids is 1. The van der Waals surface area contributed by atoms with Crippen molar-refractivity contribution in [3.8, 4) is 11.5 Å². The Labute approximate surface area is 147 Å². The highest BCUT2D eigenvalue weighted by Gasteiger charge is 2.16. The highest BCUT2D eigenvalue weighted by molar-refractivity contribution is 7.80. The van der Waals surface area contributed by atoms with Crippen LogP contribution in [0.4, 0.5) is 5.69 Å². The van der Waals surface area contributed by atoms with E-state index in [1.807, 2.05) is 43.3 Å². The van der Waals surface area contributed by atoms with E-state index in [9.17, 15) is 4.79 Å². The molecule has 1 atom stereocenters. The van der Waals surface area contributed by atoms with Crippen LogP contribution < -0.4 is 20.1 Å². The maximum absolute atomic E-state index is 12.2. The molecule has 6 heteroatoms. The van der Waals surface area contributed by atoms with Gasteiger partial charge < -0.3 is 14.8 Å². The van der Waals surface area contributed by atoms with Crippen molar-refractivity contribution >= 4 is 28.9 Å². The van der Waals surface area contributed by atoms with E-state index in [0.717, 1.165) is 5.56 Å². The summed E-state index contributed by atoms with van der Waals surface area (Å²) in [6, 6.07) is 14.8. The van der Waals surface area contributed by atoms with Crippen molar-refractivity contribution in [1.29, 1.82) is 0 Å². The predicted molar refractivity (Wildman–Crippen MR) is 98.6 cm³/mol. The van der Waals surface area contributed by atoms with Crippen LogP contribution in [0.1, 0.15) is 12.5 Å². The largest absolute Gasteiger partial charge is 0.495 e. The normalized spacial score (nSPS) is 11.3. The van der Waals surface area contributed by atoms with Gasteiger partial charge in [0.25, 0.3) is 5.91 Å². The minimum atomic E-state index is -0.674. The minimum absolute atomic E-state index is 0.187. The van der Waals surface area contributed by atoms with Crippen molar-refractivity contribution < 1.29 is 14.3 Å².